The van der Waals surface area contributed by atoms with E-state index in [2.05, 4.69) is 4.74 Å². The minimum atomic E-state index is -4.63. The lowest BCUT2D eigenvalue weighted by Crippen LogP contribution is -2.13. The molecule has 0 fully saturated rings. The molecule has 0 aliphatic heterocycles. The van der Waals surface area contributed by atoms with Crippen LogP contribution in [0.25, 0.3) is 0 Å². The van der Waals surface area contributed by atoms with E-state index < -0.39 is 29.9 Å². The predicted molar refractivity (Wildman–Crippen MR) is 102 cm³/mol. The van der Waals surface area contributed by atoms with E-state index in [1.54, 1.807) is 19.1 Å². The van der Waals surface area contributed by atoms with Crippen molar-refractivity contribution in [1.29, 1.82) is 0 Å². The number of carbonyl (C=O) groups excluding carboxylic acids is 2. The number of Topliss-reactive ketones (excluding diaryl/α,β-unsaturated/α-hetero) is 1. The lowest BCUT2D eigenvalue weighted by atomic mass is 10.0. The van der Waals surface area contributed by atoms with Crippen molar-refractivity contribution < 1.29 is 27.5 Å². The monoisotopic (exact) mass is 410 g/mol. The van der Waals surface area contributed by atoms with E-state index in [4.69, 9.17) is 0 Å². The van der Waals surface area contributed by atoms with Gasteiger partial charge in [0, 0.05) is 15.4 Å². The fourth-order valence-corrected chi connectivity index (χ4v) is 3.85. The molecule has 2 aromatic rings. The summed E-state index contributed by atoms with van der Waals surface area (Å²) in [5, 5.41) is 0. The van der Waals surface area contributed by atoms with E-state index in [-0.39, 0.29) is 23.0 Å². The summed E-state index contributed by atoms with van der Waals surface area (Å²) in [6.07, 6.45) is -5.22. The summed E-state index contributed by atoms with van der Waals surface area (Å²) in [6.45, 7) is 5.64. The Kier molecular flexibility index (Phi) is 7.29. The quantitative estimate of drug-likeness (QED) is 0.314. The van der Waals surface area contributed by atoms with Gasteiger partial charge in [-0.05, 0) is 36.6 Å². The highest BCUT2D eigenvalue weighted by molar-refractivity contribution is 7.99. The summed E-state index contributed by atoms with van der Waals surface area (Å²) in [6, 6.07) is 10.7. The van der Waals surface area contributed by atoms with Gasteiger partial charge in [-0.2, -0.15) is 13.2 Å². The molecule has 150 valence electrons. The summed E-state index contributed by atoms with van der Waals surface area (Å²) in [4.78, 5) is 24.3. The van der Waals surface area contributed by atoms with Gasteiger partial charge in [-0.3, -0.25) is 9.59 Å². The Bertz CT molecular complexity index is 860. The molecule has 0 unspecified atom stereocenters. The van der Waals surface area contributed by atoms with Crippen LogP contribution in [-0.4, -0.2) is 18.4 Å². The van der Waals surface area contributed by atoms with E-state index in [1.165, 1.54) is 12.1 Å². The van der Waals surface area contributed by atoms with Crippen molar-refractivity contribution in [1.82, 2.24) is 0 Å². The molecule has 0 N–H and O–H groups in total. The molecule has 0 heterocycles. The minimum Gasteiger partial charge on any atom is -0.466 e. The van der Waals surface area contributed by atoms with Gasteiger partial charge >= 0.3 is 12.1 Å². The van der Waals surface area contributed by atoms with Crippen molar-refractivity contribution in [3.8, 4) is 0 Å². The zero-order valence-corrected chi connectivity index (χ0v) is 16.6. The summed E-state index contributed by atoms with van der Waals surface area (Å²) in [5.74, 6) is -1.31. The Balaban J connectivity index is 2.39. The van der Waals surface area contributed by atoms with Gasteiger partial charge in [0.2, 0.25) is 0 Å². The molecular weight excluding hydrogens is 389 g/mol. The summed E-state index contributed by atoms with van der Waals surface area (Å²) < 4.78 is 45.5. The first-order chi connectivity index (χ1) is 13.1. The molecule has 0 aromatic heterocycles. The number of ether oxygens (including phenoxy) is 1. The van der Waals surface area contributed by atoms with E-state index in [9.17, 15) is 22.8 Å². The van der Waals surface area contributed by atoms with E-state index >= 15 is 0 Å². The highest BCUT2D eigenvalue weighted by Gasteiger charge is 2.34. The number of hydrogen-bond donors (Lipinski definition) is 0. The summed E-state index contributed by atoms with van der Waals surface area (Å²) >= 11 is 1.02. The number of halogens is 3. The number of carbonyl (C=O) groups is 2. The first-order valence-electron chi connectivity index (χ1n) is 8.80. The van der Waals surface area contributed by atoms with Crippen LogP contribution < -0.4 is 0 Å². The van der Waals surface area contributed by atoms with Crippen LogP contribution in [0.5, 0.6) is 0 Å². The van der Waals surface area contributed by atoms with Gasteiger partial charge in [-0.1, -0.05) is 49.9 Å². The number of alkyl halides is 3. The fourth-order valence-electron chi connectivity index (χ4n) is 2.63. The van der Waals surface area contributed by atoms with Crippen LogP contribution in [0.15, 0.2) is 52.3 Å². The predicted octanol–water partition coefficient (Wildman–Crippen LogP) is 6.12. The van der Waals surface area contributed by atoms with E-state index in [1.807, 2.05) is 26.0 Å². The van der Waals surface area contributed by atoms with Crippen LogP contribution >= 0.6 is 11.8 Å². The number of benzene rings is 2. The SMILES string of the molecule is CCOC(=O)CC(=O)c1ccc(Sc2ccccc2C(C)C)c(C(F)(F)F)c1. The molecule has 0 aliphatic carbocycles. The molecule has 0 saturated heterocycles. The minimum absolute atomic E-state index is 0.00767. The van der Waals surface area contributed by atoms with Crippen molar-refractivity contribution >= 4 is 23.5 Å². The van der Waals surface area contributed by atoms with Gasteiger partial charge in [0.05, 0.1) is 12.2 Å². The van der Waals surface area contributed by atoms with Crippen LogP contribution in [0.2, 0.25) is 0 Å². The zero-order chi connectivity index (χ0) is 20.9. The van der Waals surface area contributed by atoms with Crippen molar-refractivity contribution in [3.05, 3.63) is 59.2 Å². The van der Waals surface area contributed by atoms with Crippen molar-refractivity contribution in [2.45, 2.75) is 49.1 Å². The molecule has 0 atom stereocenters. The molecule has 0 radical (unpaired) electrons. The summed E-state index contributed by atoms with van der Waals surface area (Å²) in [5.41, 5.74) is -0.115. The molecule has 0 saturated carbocycles. The van der Waals surface area contributed by atoms with Crippen LogP contribution in [0, 0.1) is 0 Å². The maximum Gasteiger partial charge on any atom is 0.417 e. The number of ketones is 1. The fraction of sp³-hybridized carbons (Fsp3) is 0.333. The average Bonchev–Trinajstić information content (AvgIpc) is 2.61. The first kappa shape index (κ1) is 22.0. The third-order valence-corrected chi connectivity index (χ3v) is 5.15. The highest BCUT2D eigenvalue weighted by Crippen LogP contribution is 2.42. The zero-order valence-electron chi connectivity index (χ0n) is 15.8. The lowest BCUT2D eigenvalue weighted by molar-refractivity contribution is -0.142. The number of esters is 1. The molecule has 0 bridgehead atoms. The van der Waals surface area contributed by atoms with Gasteiger partial charge in [-0.25, -0.2) is 0 Å². The number of hydrogen-bond acceptors (Lipinski definition) is 4. The molecule has 28 heavy (non-hydrogen) atoms. The van der Waals surface area contributed by atoms with Gasteiger partial charge in [0.15, 0.2) is 5.78 Å². The van der Waals surface area contributed by atoms with Crippen LogP contribution in [0.1, 0.15) is 54.6 Å². The smallest absolute Gasteiger partial charge is 0.417 e. The summed E-state index contributed by atoms with van der Waals surface area (Å²) in [7, 11) is 0. The first-order valence-corrected chi connectivity index (χ1v) is 9.62. The topological polar surface area (TPSA) is 43.4 Å². The van der Waals surface area contributed by atoms with E-state index in [0.29, 0.717) is 0 Å². The Morgan fingerprint density at radius 1 is 1.07 bits per heavy atom. The molecule has 0 spiro atoms. The molecule has 0 amide bonds. The van der Waals surface area contributed by atoms with Crippen molar-refractivity contribution in [2.75, 3.05) is 6.61 Å². The maximum atomic E-state index is 13.6. The second kappa shape index (κ2) is 9.28. The highest BCUT2D eigenvalue weighted by atomic mass is 32.2. The third kappa shape index (κ3) is 5.61. The van der Waals surface area contributed by atoms with Gasteiger partial charge in [0.25, 0.3) is 0 Å². The largest absolute Gasteiger partial charge is 0.466 e. The lowest BCUT2D eigenvalue weighted by Gasteiger charge is -2.16. The second-order valence-corrected chi connectivity index (χ2v) is 7.49. The van der Waals surface area contributed by atoms with Crippen LogP contribution in [0.4, 0.5) is 13.2 Å². The third-order valence-electron chi connectivity index (χ3n) is 3.98. The molecule has 0 aliphatic rings. The Morgan fingerprint density at radius 2 is 1.75 bits per heavy atom. The molecule has 7 heteroatoms. The van der Waals surface area contributed by atoms with Crippen LogP contribution in [0.3, 0.4) is 0 Å². The van der Waals surface area contributed by atoms with Crippen molar-refractivity contribution in [3.63, 3.8) is 0 Å². The molecule has 2 rings (SSSR count). The average molecular weight is 410 g/mol. The van der Waals surface area contributed by atoms with Gasteiger partial charge in [0.1, 0.15) is 6.42 Å². The van der Waals surface area contributed by atoms with E-state index in [0.717, 1.165) is 28.3 Å². The standard InChI is InChI=1S/C21H21F3O3S/c1-4-27-20(26)12-17(25)14-9-10-19(16(11-14)21(22,23)24)28-18-8-6-5-7-15(18)13(2)3/h5-11,13H,4,12H2,1-3H3. The normalized spacial score (nSPS) is 11.5. The Labute approximate surface area is 166 Å². The Morgan fingerprint density at radius 3 is 2.36 bits per heavy atom. The number of rotatable bonds is 7. The van der Waals surface area contributed by atoms with Crippen molar-refractivity contribution in [2.24, 2.45) is 0 Å². The van der Waals surface area contributed by atoms with Gasteiger partial charge in [-0.15, -0.1) is 0 Å². The molecule has 3 nitrogen and oxygen atoms in total. The Hall–Kier alpha value is -2.28. The molecular formula is C21H21F3O3S. The second-order valence-electron chi connectivity index (χ2n) is 6.41. The molecule has 2 aromatic carbocycles. The maximum absolute atomic E-state index is 13.6. The van der Waals surface area contributed by atoms with Crippen LogP contribution in [-0.2, 0) is 15.7 Å². The van der Waals surface area contributed by atoms with Gasteiger partial charge < -0.3 is 4.74 Å².